The largest absolute Gasteiger partial charge is 0.376 e. The van der Waals surface area contributed by atoms with E-state index in [4.69, 9.17) is 4.74 Å². The fourth-order valence-corrected chi connectivity index (χ4v) is 6.43. The van der Waals surface area contributed by atoms with E-state index in [0.717, 1.165) is 56.5 Å². The lowest BCUT2D eigenvalue weighted by atomic mass is 9.53. The number of hydrogen-bond acceptors (Lipinski definition) is 3. The summed E-state index contributed by atoms with van der Waals surface area (Å²) in [6.07, 6.45) is 10.2. The third-order valence-electron chi connectivity index (χ3n) is 7.22. The smallest absolute Gasteiger partial charge is 0.315 e. The number of nitrogens with one attached hydrogen (secondary N) is 2. The molecule has 5 rings (SSSR count). The molecule has 1 aliphatic heterocycles. The average molecular weight is 378 g/mol. The normalized spacial score (nSPS) is 36.6. The summed E-state index contributed by atoms with van der Waals surface area (Å²) in [4.78, 5) is 26.8. The molecule has 5 fully saturated rings. The standard InChI is InChI=1S/C21H35N3O3/c1-2-24(14-18-4-3-7-27-18)19(25)5-6-22-20(26)23-21-11-15-8-16(12-21)10-17(9-15)13-21/h15-18H,2-14H2,1H3,(H2,22,23,26). The van der Waals surface area contributed by atoms with Crippen LogP contribution in [0.3, 0.4) is 0 Å². The summed E-state index contributed by atoms with van der Waals surface area (Å²) in [6, 6.07) is -0.0908. The van der Waals surface area contributed by atoms with E-state index in [1.807, 2.05) is 11.8 Å². The fourth-order valence-electron chi connectivity index (χ4n) is 6.43. The van der Waals surface area contributed by atoms with Crippen molar-refractivity contribution in [1.82, 2.24) is 15.5 Å². The Hall–Kier alpha value is -1.30. The van der Waals surface area contributed by atoms with Gasteiger partial charge in [-0.05, 0) is 76.0 Å². The van der Waals surface area contributed by atoms with Gasteiger partial charge in [0.1, 0.15) is 0 Å². The van der Waals surface area contributed by atoms with E-state index >= 15 is 0 Å². The average Bonchev–Trinajstić information content (AvgIpc) is 3.11. The van der Waals surface area contributed by atoms with E-state index in [9.17, 15) is 9.59 Å². The molecule has 6 nitrogen and oxygen atoms in total. The molecule has 5 aliphatic rings. The maximum atomic E-state index is 12.5. The molecule has 2 N–H and O–H groups in total. The molecule has 4 saturated carbocycles. The number of amides is 3. The molecule has 4 bridgehead atoms. The molecular weight excluding hydrogens is 342 g/mol. The Morgan fingerprint density at radius 1 is 1.11 bits per heavy atom. The quantitative estimate of drug-likeness (QED) is 0.717. The van der Waals surface area contributed by atoms with Crippen LogP contribution in [0.5, 0.6) is 0 Å². The number of carbonyl (C=O) groups excluding carboxylic acids is 2. The van der Waals surface area contributed by atoms with Gasteiger partial charge < -0.3 is 20.3 Å². The van der Waals surface area contributed by atoms with Crippen LogP contribution in [0.1, 0.15) is 64.7 Å². The van der Waals surface area contributed by atoms with Crippen molar-refractivity contribution in [1.29, 1.82) is 0 Å². The molecule has 3 amide bonds. The molecule has 0 aromatic heterocycles. The van der Waals surface area contributed by atoms with E-state index in [-0.39, 0.29) is 23.6 Å². The number of urea groups is 1. The number of nitrogens with zero attached hydrogens (tertiary/aromatic N) is 1. The highest BCUT2D eigenvalue weighted by molar-refractivity contribution is 5.78. The molecule has 1 atom stereocenters. The van der Waals surface area contributed by atoms with Gasteiger partial charge >= 0.3 is 6.03 Å². The van der Waals surface area contributed by atoms with E-state index in [0.29, 0.717) is 26.1 Å². The van der Waals surface area contributed by atoms with Gasteiger partial charge in [0.25, 0.3) is 0 Å². The number of rotatable bonds is 7. The van der Waals surface area contributed by atoms with Crippen molar-refractivity contribution >= 4 is 11.9 Å². The monoisotopic (exact) mass is 377 g/mol. The van der Waals surface area contributed by atoms with Crippen molar-refractivity contribution in [2.75, 3.05) is 26.2 Å². The molecule has 4 aliphatic carbocycles. The zero-order valence-corrected chi connectivity index (χ0v) is 16.7. The van der Waals surface area contributed by atoms with Crippen molar-refractivity contribution in [3.63, 3.8) is 0 Å². The Bertz CT molecular complexity index is 524. The van der Waals surface area contributed by atoms with E-state index in [1.165, 1.54) is 19.3 Å². The van der Waals surface area contributed by atoms with Crippen LogP contribution >= 0.6 is 0 Å². The Morgan fingerprint density at radius 2 is 1.78 bits per heavy atom. The van der Waals surface area contributed by atoms with Gasteiger partial charge in [-0.2, -0.15) is 0 Å². The van der Waals surface area contributed by atoms with Crippen LogP contribution in [-0.2, 0) is 9.53 Å². The SMILES string of the molecule is CCN(CC1CCCO1)C(=O)CCNC(=O)NC12CC3CC(CC(C3)C1)C2. The molecular formula is C21H35N3O3. The van der Waals surface area contributed by atoms with Gasteiger partial charge in [0.2, 0.25) is 5.91 Å². The van der Waals surface area contributed by atoms with Gasteiger partial charge in [0.05, 0.1) is 6.10 Å². The lowest BCUT2D eigenvalue weighted by Gasteiger charge is -2.56. The van der Waals surface area contributed by atoms with Gasteiger partial charge in [-0.1, -0.05) is 0 Å². The van der Waals surface area contributed by atoms with E-state index in [2.05, 4.69) is 10.6 Å². The molecule has 0 radical (unpaired) electrons. The second-order valence-electron chi connectivity index (χ2n) is 9.40. The molecule has 1 heterocycles. The Kier molecular flexibility index (Phi) is 5.62. The predicted octanol–water partition coefficient (Wildman–Crippen LogP) is 2.67. The van der Waals surface area contributed by atoms with Crippen molar-refractivity contribution in [2.45, 2.75) is 76.4 Å². The van der Waals surface area contributed by atoms with Crippen molar-refractivity contribution < 1.29 is 14.3 Å². The number of carbonyl (C=O) groups is 2. The lowest BCUT2D eigenvalue weighted by molar-refractivity contribution is -0.132. The predicted molar refractivity (Wildman–Crippen MR) is 103 cm³/mol. The highest BCUT2D eigenvalue weighted by Crippen LogP contribution is 2.55. The van der Waals surface area contributed by atoms with Crippen LogP contribution in [0, 0.1) is 17.8 Å². The third-order valence-corrected chi connectivity index (χ3v) is 7.22. The zero-order valence-electron chi connectivity index (χ0n) is 16.7. The number of hydrogen-bond donors (Lipinski definition) is 2. The second kappa shape index (κ2) is 7.98. The molecule has 0 aromatic rings. The Labute approximate surface area is 162 Å². The van der Waals surface area contributed by atoms with E-state index < -0.39 is 0 Å². The maximum absolute atomic E-state index is 12.5. The molecule has 0 aromatic carbocycles. The molecule has 6 heteroatoms. The number of likely N-dealkylation sites (N-methyl/N-ethyl adjacent to an activating group) is 1. The van der Waals surface area contributed by atoms with Crippen molar-refractivity contribution in [2.24, 2.45) is 17.8 Å². The molecule has 1 saturated heterocycles. The molecule has 27 heavy (non-hydrogen) atoms. The third kappa shape index (κ3) is 4.41. The van der Waals surface area contributed by atoms with Crippen LogP contribution in [0.15, 0.2) is 0 Å². The minimum atomic E-state index is -0.0908. The van der Waals surface area contributed by atoms with Crippen LogP contribution < -0.4 is 10.6 Å². The first kappa shape index (κ1) is 19.0. The second-order valence-corrected chi connectivity index (χ2v) is 9.40. The van der Waals surface area contributed by atoms with Gasteiger partial charge in [-0.3, -0.25) is 4.79 Å². The summed E-state index contributed by atoms with van der Waals surface area (Å²) in [5.41, 5.74) is 0.0259. The van der Waals surface area contributed by atoms with E-state index in [1.54, 1.807) is 0 Å². The molecule has 1 unspecified atom stereocenters. The minimum Gasteiger partial charge on any atom is -0.376 e. The highest BCUT2D eigenvalue weighted by Gasteiger charge is 2.51. The lowest BCUT2D eigenvalue weighted by Crippen LogP contribution is -2.61. The first-order valence-electron chi connectivity index (χ1n) is 11.0. The van der Waals surface area contributed by atoms with Gasteiger partial charge in [-0.25, -0.2) is 4.79 Å². The Balaban J connectivity index is 1.19. The summed E-state index contributed by atoms with van der Waals surface area (Å²) >= 11 is 0. The van der Waals surface area contributed by atoms with Crippen molar-refractivity contribution in [3.8, 4) is 0 Å². The zero-order chi connectivity index (χ0) is 18.9. The van der Waals surface area contributed by atoms with Crippen LogP contribution in [0.25, 0.3) is 0 Å². The fraction of sp³-hybridized carbons (Fsp3) is 0.905. The number of ether oxygens (including phenoxy) is 1. The van der Waals surface area contributed by atoms with Gasteiger partial charge in [0.15, 0.2) is 0 Å². The molecule has 0 spiro atoms. The summed E-state index contributed by atoms with van der Waals surface area (Å²) in [5.74, 6) is 2.54. The van der Waals surface area contributed by atoms with Crippen LogP contribution in [0.4, 0.5) is 4.79 Å². The maximum Gasteiger partial charge on any atom is 0.315 e. The minimum absolute atomic E-state index is 0.0259. The summed E-state index contributed by atoms with van der Waals surface area (Å²) in [5, 5.41) is 6.24. The van der Waals surface area contributed by atoms with Gasteiger partial charge in [-0.15, -0.1) is 0 Å². The van der Waals surface area contributed by atoms with Crippen molar-refractivity contribution in [3.05, 3.63) is 0 Å². The first-order chi connectivity index (χ1) is 13.0. The summed E-state index contributed by atoms with van der Waals surface area (Å²) in [7, 11) is 0. The van der Waals surface area contributed by atoms with Crippen LogP contribution in [0.2, 0.25) is 0 Å². The summed E-state index contributed by atoms with van der Waals surface area (Å²) < 4.78 is 5.64. The summed E-state index contributed by atoms with van der Waals surface area (Å²) in [6.45, 7) is 4.58. The highest BCUT2D eigenvalue weighted by atomic mass is 16.5. The molecule has 152 valence electrons. The van der Waals surface area contributed by atoms with Crippen LogP contribution in [-0.4, -0.2) is 54.7 Å². The first-order valence-corrected chi connectivity index (χ1v) is 11.0. The van der Waals surface area contributed by atoms with Gasteiger partial charge in [0, 0.05) is 38.2 Å². The Morgan fingerprint density at radius 3 is 2.33 bits per heavy atom. The topological polar surface area (TPSA) is 70.7 Å².